The van der Waals surface area contributed by atoms with E-state index < -0.39 is 5.60 Å². The highest BCUT2D eigenvalue weighted by atomic mass is 16.3. The molecule has 2 aliphatic rings. The summed E-state index contributed by atoms with van der Waals surface area (Å²) in [6.07, 6.45) is 7.13. The zero-order valence-corrected chi connectivity index (χ0v) is 12.3. The van der Waals surface area contributed by atoms with Gasteiger partial charge >= 0.3 is 0 Å². The smallest absolute Gasteiger partial charge is 0.120 e. The molecular weight excluding hydrogens is 224 g/mol. The molecule has 4 atom stereocenters. The summed E-state index contributed by atoms with van der Waals surface area (Å²) in [6, 6.07) is 0. The molecule has 0 aromatic carbocycles. The van der Waals surface area contributed by atoms with Gasteiger partial charge < -0.3 is 9.90 Å². The molecule has 1 N–H and O–H groups in total. The summed E-state index contributed by atoms with van der Waals surface area (Å²) in [4.78, 5) is 11.0. The molecule has 0 aromatic rings. The summed E-state index contributed by atoms with van der Waals surface area (Å²) in [5.41, 5.74) is -0.186. The molecule has 104 valence electrons. The van der Waals surface area contributed by atoms with Gasteiger partial charge in [0.15, 0.2) is 0 Å². The van der Waals surface area contributed by atoms with E-state index in [1.165, 1.54) is 12.8 Å². The highest BCUT2D eigenvalue weighted by Gasteiger charge is 2.57. The number of hydrogen-bond donors (Lipinski definition) is 1. The van der Waals surface area contributed by atoms with Crippen molar-refractivity contribution in [1.29, 1.82) is 0 Å². The van der Waals surface area contributed by atoms with E-state index in [4.69, 9.17) is 0 Å². The van der Waals surface area contributed by atoms with E-state index >= 15 is 0 Å². The minimum Gasteiger partial charge on any atom is -0.390 e. The van der Waals surface area contributed by atoms with E-state index in [9.17, 15) is 9.90 Å². The average Bonchev–Trinajstić information content (AvgIpc) is 2.22. The van der Waals surface area contributed by atoms with Crippen LogP contribution < -0.4 is 0 Å². The average molecular weight is 252 g/mol. The first kappa shape index (κ1) is 14.0. The number of aldehydes is 1. The van der Waals surface area contributed by atoms with E-state index in [1.807, 2.05) is 6.92 Å². The Kier molecular flexibility index (Phi) is 3.38. The van der Waals surface area contributed by atoms with Crippen LogP contribution in [0.5, 0.6) is 0 Å². The highest BCUT2D eigenvalue weighted by molar-refractivity contribution is 5.50. The van der Waals surface area contributed by atoms with Gasteiger partial charge in [0, 0.05) is 6.42 Å². The van der Waals surface area contributed by atoms with Crippen LogP contribution in [0.3, 0.4) is 0 Å². The Labute approximate surface area is 111 Å². The molecule has 0 amide bonds. The molecule has 0 radical (unpaired) electrons. The van der Waals surface area contributed by atoms with E-state index in [0.717, 1.165) is 25.5 Å². The van der Waals surface area contributed by atoms with Crippen LogP contribution in [0, 0.1) is 22.7 Å². The number of fused-ring (bicyclic) bond motifs is 1. The summed E-state index contributed by atoms with van der Waals surface area (Å²) in [5, 5.41) is 10.7. The van der Waals surface area contributed by atoms with Gasteiger partial charge in [-0.25, -0.2) is 0 Å². The van der Waals surface area contributed by atoms with Gasteiger partial charge in [0.05, 0.1) is 5.60 Å². The number of carbonyl (C=O) groups excluding carboxylic acids is 1. The first-order chi connectivity index (χ1) is 8.24. The third-order valence-corrected chi connectivity index (χ3v) is 6.09. The van der Waals surface area contributed by atoms with Gasteiger partial charge in [-0.05, 0) is 55.3 Å². The molecule has 0 heterocycles. The lowest BCUT2D eigenvalue weighted by Crippen LogP contribution is -2.57. The number of rotatable bonds is 2. The summed E-state index contributed by atoms with van der Waals surface area (Å²) in [5.74, 6) is 0.768. The van der Waals surface area contributed by atoms with Gasteiger partial charge in [-0.15, -0.1) is 0 Å². The van der Waals surface area contributed by atoms with Crippen molar-refractivity contribution in [2.24, 2.45) is 22.7 Å². The largest absolute Gasteiger partial charge is 0.390 e. The number of aliphatic hydroxyl groups is 1. The molecule has 0 aromatic heterocycles. The molecule has 2 fully saturated rings. The van der Waals surface area contributed by atoms with E-state index in [2.05, 4.69) is 20.8 Å². The molecular formula is C16H28O2. The molecule has 2 heteroatoms. The molecule has 0 spiro atoms. The van der Waals surface area contributed by atoms with Crippen molar-refractivity contribution >= 4 is 6.29 Å². The van der Waals surface area contributed by atoms with Crippen molar-refractivity contribution in [2.45, 2.75) is 71.8 Å². The van der Waals surface area contributed by atoms with Gasteiger partial charge in [0.1, 0.15) is 6.29 Å². The van der Waals surface area contributed by atoms with Gasteiger partial charge in [-0.1, -0.05) is 27.2 Å². The maximum Gasteiger partial charge on any atom is 0.120 e. The van der Waals surface area contributed by atoms with Gasteiger partial charge in [-0.3, -0.25) is 0 Å². The van der Waals surface area contributed by atoms with Crippen LogP contribution in [0.4, 0.5) is 0 Å². The van der Waals surface area contributed by atoms with Crippen LogP contribution >= 0.6 is 0 Å². The number of hydrogen-bond acceptors (Lipinski definition) is 2. The minimum atomic E-state index is -0.667. The van der Waals surface area contributed by atoms with Crippen LogP contribution in [-0.2, 0) is 4.79 Å². The summed E-state index contributed by atoms with van der Waals surface area (Å²) >= 11 is 0. The SMILES string of the molecule is CC1(C)CCCC2(C)C1CCC(C)(O)C2CC=O. The molecule has 0 bridgehead atoms. The lowest BCUT2D eigenvalue weighted by atomic mass is 9.45. The molecule has 0 saturated heterocycles. The summed E-state index contributed by atoms with van der Waals surface area (Å²) < 4.78 is 0. The summed E-state index contributed by atoms with van der Waals surface area (Å²) in [6.45, 7) is 8.99. The Morgan fingerprint density at radius 2 is 1.83 bits per heavy atom. The fraction of sp³-hybridized carbons (Fsp3) is 0.938. The first-order valence-corrected chi connectivity index (χ1v) is 7.40. The maximum absolute atomic E-state index is 11.0. The predicted molar refractivity (Wildman–Crippen MR) is 73.3 cm³/mol. The zero-order valence-electron chi connectivity index (χ0n) is 12.3. The maximum atomic E-state index is 11.0. The van der Waals surface area contributed by atoms with Crippen LogP contribution in [0.1, 0.15) is 66.2 Å². The summed E-state index contributed by atoms with van der Waals surface area (Å²) in [7, 11) is 0. The van der Waals surface area contributed by atoms with Crippen LogP contribution in [0.2, 0.25) is 0 Å². The second-order valence-corrected chi connectivity index (χ2v) is 7.75. The van der Waals surface area contributed by atoms with Gasteiger partial charge in [-0.2, -0.15) is 0 Å². The normalized spacial score (nSPS) is 47.4. The Hall–Kier alpha value is -0.370. The molecule has 2 rings (SSSR count). The van der Waals surface area contributed by atoms with E-state index in [0.29, 0.717) is 17.8 Å². The molecule has 0 aliphatic heterocycles. The van der Waals surface area contributed by atoms with Crippen molar-refractivity contribution in [3.8, 4) is 0 Å². The quantitative estimate of drug-likeness (QED) is 0.763. The minimum absolute atomic E-state index is 0.126. The van der Waals surface area contributed by atoms with Crippen molar-refractivity contribution in [3.63, 3.8) is 0 Å². The molecule has 2 nitrogen and oxygen atoms in total. The Balaban J connectivity index is 2.38. The van der Waals surface area contributed by atoms with Gasteiger partial charge in [0.25, 0.3) is 0 Å². The lowest BCUT2D eigenvalue weighted by Gasteiger charge is -2.61. The molecule has 2 saturated carbocycles. The van der Waals surface area contributed by atoms with E-state index in [1.54, 1.807) is 0 Å². The van der Waals surface area contributed by atoms with E-state index in [-0.39, 0.29) is 11.3 Å². The van der Waals surface area contributed by atoms with Gasteiger partial charge in [0.2, 0.25) is 0 Å². The Morgan fingerprint density at radius 3 is 2.44 bits per heavy atom. The third-order valence-electron chi connectivity index (χ3n) is 6.09. The van der Waals surface area contributed by atoms with Crippen LogP contribution in [0.25, 0.3) is 0 Å². The lowest BCUT2D eigenvalue weighted by molar-refractivity contribution is -0.169. The van der Waals surface area contributed by atoms with Crippen molar-refractivity contribution in [1.82, 2.24) is 0 Å². The van der Waals surface area contributed by atoms with Crippen molar-refractivity contribution in [3.05, 3.63) is 0 Å². The third kappa shape index (κ3) is 2.03. The zero-order chi connectivity index (χ0) is 13.6. The molecule has 2 aliphatic carbocycles. The second-order valence-electron chi connectivity index (χ2n) is 7.75. The van der Waals surface area contributed by atoms with Crippen LogP contribution in [0.15, 0.2) is 0 Å². The fourth-order valence-electron chi connectivity index (χ4n) is 5.24. The number of carbonyl (C=O) groups is 1. The second kappa shape index (κ2) is 4.33. The Morgan fingerprint density at radius 1 is 1.17 bits per heavy atom. The molecule has 18 heavy (non-hydrogen) atoms. The van der Waals surface area contributed by atoms with Crippen molar-refractivity contribution in [2.75, 3.05) is 0 Å². The monoisotopic (exact) mass is 252 g/mol. The van der Waals surface area contributed by atoms with Crippen LogP contribution in [-0.4, -0.2) is 17.0 Å². The standard InChI is InChI=1S/C16H28O2/c1-14(2)8-5-9-15(3)12(14)6-10-16(4,18)13(15)7-11-17/h11-13,18H,5-10H2,1-4H3. The molecule has 4 unspecified atom stereocenters. The Bertz CT molecular complexity index is 332. The predicted octanol–water partition coefficient (Wildman–Crippen LogP) is 3.57. The topological polar surface area (TPSA) is 37.3 Å². The first-order valence-electron chi connectivity index (χ1n) is 7.40. The van der Waals surface area contributed by atoms with Crippen molar-refractivity contribution < 1.29 is 9.90 Å². The fourth-order valence-corrected chi connectivity index (χ4v) is 5.24. The highest BCUT2D eigenvalue weighted by Crippen LogP contribution is 2.62.